The highest BCUT2D eigenvalue weighted by Crippen LogP contribution is 2.10. The van der Waals surface area contributed by atoms with Gasteiger partial charge in [0.25, 0.3) is 0 Å². The van der Waals surface area contributed by atoms with Crippen LogP contribution in [0.15, 0.2) is 50.3 Å². The Morgan fingerprint density at radius 3 is 1.82 bits per heavy atom. The van der Waals surface area contributed by atoms with Crippen molar-refractivity contribution < 1.29 is 9.47 Å². The molecule has 1 unspecified atom stereocenters. The maximum absolute atomic E-state index is 5.08. The molecule has 0 bridgehead atoms. The van der Waals surface area contributed by atoms with Gasteiger partial charge >= 0.3 is 0 Å². The van der Waals surface area contributed by atoms with Gasteiger partial charge < -0.3 is 9.47 Å². The van der Waals surface area contributed by atoms with Gasteiger partial charge in [0, 0.05) is 0 Å². The fourth-order valence-electron chi connectivity index (χ4n) is 0.423. The monoisotopic (exact) mass is 240 g/mol. The lowest BCUT2D eigenvalue weighted by Crippen LogP contribution is -1.98. The van der Waals surface area contributed by atoms with Crippen LogP contribution in [0.25, 0.3) is 0 Å². The maximum Gasteiger partial charge on any atom is 0.117 e. The Balaban J connectivity index is -0.000000208. The third-order valence-corrected chi connectivity index (χ3v) is 1.25. The highest BCUT2D eigenvalue weighted by molar-refractivity contribution is 5.02. The predicted octanol–water partition coefficient (Wildman–Crippen LogP) is 4.51. The zero-order chi connectivity index (χ0) is 14.1. The lowest BCUT2D eigenvalue weighted by molar-refractivity contribution is 0.194. The van der Waals surface area contributed by atoms with Gasteiger partial charge in [-0.05, 0) is 6.08 Å². The van der Waals surface area contributed by atoms with E-state index in [4.69, 9.17) is 9.47 Å². The van der Waals surface area contributed by atoms with Crippen LogP contribution in [-0.4, -0.2) is 19.3 Å². The highest BCUT2D eigenvalue weighted by Gasteiger charge is 2.22. The van der Waals surface area contributed by atoms with E-state index >= 15 is 0 Å². The van der Waals surface area contributed by atoms with Gasteiger partial charge in [0.2, 0.25) is 0 Å². The molecule has 0 amide bonds. The number of hydrogen-bond donors (Lipinski definition) is 0. The van der Waals surface area contributed by atoms with Crippen molar-refractivity contribution >= 4 is 0 Å². The van der Waals surface area contributed by atoms with E-state index < -0.39 is 0 Å². The molecule has 0 aliphatic carbocycles. The Morgan fingerprint density at radius 1 is 1.18 bits per heavy atom. The van der Waals surface area contributed by atoms with Crippen molar-refractivity contribution in [1.82, 2.24) is 0 Å². The van der Waals surface area contributed by atoms with Crippen LogP contribution in [0.4, 0.5) is 0 Å². The molecule has 1 atom stereocenters. The Labute approximate surface area is 107 Å². The summed E-state index contributed by atoms with van der Waals surface area (Å²) < 4.78 is 9.98. The van der Waals surface area contributed by atoms with Crippen molar-refractivity contribution in [3.05, 3.63) is 50.3 Å². The molecule has 0 radical (unpaired) electrons. The topological polar surface area (TPSA) is 21.8 Å². The van der Waals surface area contributed by atoms with Crippen LogP contribution in [0.1, 0.15) is 27.7 Å². The largest absolute Gasteiger partial charge is 0.491 e. The van der Waals surface area contributed by atoms with Crippen molar-refractivity contribution in [2.45, 2.75) is 33.8 Å². The second-order valence-corrected chi connectivity index (χ2v) is 2.41. The summed E-state index contributed by atoms with van der Waals surface area (Å²) in [6, 6.07) is 0. The van der Waals surface area contributed by atoms with Gasteiger partial charge in [-0.25, -0.2) is 0 Å². The van der Waals surface area contributed by atoms with Gasteiger partial charge in [0.1, 0.15) is 18.5 Å². The minimum absolute atomic E-state index is 0.307. The van der Waals surface area contributed by atoms with Gasteiger partial charge in [-0.3, -0.25) is 0 Å². The molecule has 0 saturated carbocycles. The SMILES string of the molecule is C=CC(=C)OCC1CO1.C=CC=C.CC.CC. The second-order valence-electron chi connectivity index (χ2n) is 2.41. The average Bonchev–Trinajstić information content (AvgIpc) is 3.25. The van der Waals surface area contributed by atoms with E-state index in [-0.39, 0.29) is 0 Å². The van der Waals surface area contributed by atoms with Crippen molar-refractivity contribution in [2.24, 2.45) is 0 Å². The Kier molecular flexibility index (Phi) is 25.0. The van der Waals surface area contributed by atoms with Gasteiger partial charge in [-0.2, -0.15) is 0 Å². The van der Waals surface area contributed by atoms with E-state index in [2.05, 4.69) is 26.3 Å². The first-order valence-corrected chi connectivity index (χ1v) is 6.03. The molecule has 1 saturated heterocycles. The molecule has 2 heteroatoms. The van der Waals surface area contributed by atoms with E-state index in [1.807, 2.05) is 27.7 Å². The third-order valence-electron chi connectivity index (χ3n) is 1.25. The fraction of sp³-hybridized carbons (Fsp3) is 0.467. The highest BCUT2D eigenvalue weighted by atomic mass is 16.6. The Morgan fingerprint density at radius 2 is 1.59 bits per heavy atom. The summed E-state index contributed by atoms with van der Waals surface area (Å²) in [5.74, 6) is 0.616. The summed E-state index contributed by atoms with van der Waals surface area (Å²) in [5.41, 5.74) is 0. The van der Waals surface area contributed by atoms with Crippen molar-refractivity contribution in [2.75, 3.05) is 13.2 Å². The van der Waals surface area contributed by atoms with E-state index in [1.54, 1.807) is 18.2 Å². The molecule has 2 nitrogen and oxygen atoms in total. The smallest absolute Gasteiger partial charge is 0.117 e. The van der Waals surface area contributed by atoms with Gasteiger partial charge in [-0.15, -0.1) is 0 Å². The fourth-order valence-corrected chi connectivity index (χ4v) is 0.423. The summed E-state index contributed by atoms with van der Waals surface area (Å²) in [7, 11) is 0. The lowest BCUT2D eigenvalue weighted by atomic mass is 10.5. The first kappa shape index (κ1) is 21.1. The van der Waals surface area contributed by atoms with Crippen LogP contribution < -0.4 is 0 Å². The summed E-state index contributed by atoms with van der Waals surface area (Å²) >= 11 is 0. The van der Waals surface area contributed by atoms with Crippen LogP contribution in [0.3, 0.4) is 0 Å². The van der Waals surface area contributed by atoms with Crippen LogP contribution >= 0.6 is 0 Å². The van der Waals surface area contributed by atoms with E-state index in [9.17, 15) is 0 Å². The van der Waals surface area contributed by atoms with E-state index in [1.165, 1.54) is 0 Å². The van der Waals surface area contributed by atoms with Crippen molar-refractivity contribution in [3.63, 3.8) is 0 Å². The van der Waals surface area contributed by atoms with Crippen molar-refractivity contribution in [3.8, 4) is 0 Å². The minimum Gasteiger partial charge on any atom is -0.491 e. The van der Waals surface area contributed by atoms with E-state index in [0.29, 0.717) is 18.5 Å². The number of ether oxygens (including phenoxy) is 2. The summed E-state index contributed by atoms with van der Waals surface area (Å²) in [6.07, 6.45) is 5.17. The quantitative estimate of drug-likeness (QED) is 0.400. The molecular formula is C15H28O2. The molecule has 1 aliphatic heterocycles. The molecule has 100 valence electrons. The lowest BCUT2D eigenvalue weighted by Gasteiger charge is -2.00. The molecule has 1 aliphatic rings. The van der Waals surface area contributed by atoms with Gasteiger partial charge in [0.05, 0.1) is 6.61 Å². The van der Waals surface area contributed by atoms with Crippen LogP contribution in [0, 0.1) is 0 Å². The van der Waals surface area contributed by atoms with Crippen LogP contribution in [0.2, 0.25) is 0 Å². The number of epoxide rings is 1. The Bertz CT molecular complexity index is 185. The number of rotatable bonds is 5. The van der Waals surface area contributed by atoms with E-state index in [0.717, 1.165) is 6.61 Å². The zero-order valence-electron chi connectivity index (χ0n) is 11.9. The normalized spacial score (nSPS) is 14.0. The molecular weight excluding hydrogens is 212 g/mol. The molecule has 0 aromatic rings. The summed E-state index contributed by atoms with van der Waals surface area (Å²) in [4.78, 5) is 0. The van der Waals surface area contributed by atoms with Crippen molar-refractivity contribution in [1.29, 1.82) is 0 Å². The minimum atomic E-state index is 0.307. The standard InChI is InChI=1S/C7H10O2.C4H6.2C2H6/c1-3-6(2)8-4-7-5-9-7;1-3-4-2;2*1-2/h3,7H,1-2,4-5H2;3-4H,1-2H2;2*1-2H3. The third kappa shape index (κ3) is 25.2. The molecule has 0 aromatic heterocycles. The number of hydrogen-bond acceptors (Lipinski definition) is 2. The summed E-state index contributed by atoms with van der Waals surface area (Å²) in [6.45, 7) is 23.2. The first-order valence-electron chi connectivity index (χ1n) is 6.03. The Hall–Kier alpha value is -1.28. The molecule has 1 heterocycles. The molecule has 1 rings (SSSR count). The van der Waals surface area contributed by atoms with Gasteiger partial charge in [0.15, 0.2) is 0 Å². The predicted molar refractivity (Wildman–Crippen MR) is 78.1 cm³/mol. The van der Waals surface area contributed by atoms with Crippen LogP contribution in [0.5, 0.6) is 0 Å². The second kappa shape index (κ2) is 20.2. The molecule has 0 aromatic carbocycles. The summed E-state index contributed by atoms with van der Waals surface area (Å²) in [5, 5.41) is 0. The maximum atomic E-state index is 5.08. The average molecular weight is 240 g/mol. The molecule has 0 N–H and O–H groups in total. The molecule has 17 heavy (non-hydrogen) atoms. The zero-order valence-corrected chi connectivity index (χ0v) is 11.9. The molecule has 1 fully saturated rings. The van der Waals surface area contributed by atoms with Gasteiger partial charge in [-0.1, -0.05) is 66.2 Å². The first-order chi connectivity index (χ1) is 8.24. The number of allylic oxidation sites excluding steroid dienone is 3. The molecule has 0 spiro atoms. The van der Waals surface area contributed by atoms with Crippen LogP contribution in [-0.2, 0) is 9.47 Å².